The Bertz CT molecular complexity index is 1120. The van der Waals surface area contributed by atoms with Crippen LogP contribution in [-0.2, 0) is 13.1 Å². The topological polar surface area (TPSA) is 48.5 Å². The number of carbonyl (C=O) groups excluding carboxylic acids is 1. The van der Waals surface area contributed by atoms with Crippen molar-refractivity contribution < 1.29 is 4.79 Å². The fourth-order valence-electron chi connectivity index (χ4n) is 5.39. The molecule has 3 aromatic rings. The molecule has 2 aromatic carbocycles. The van der Waals surface area contributed by atoms with Crippen molar-refractivity contribution in [3.8, 4) is 0 Å². The quantitative estimate of drug-likeness (QED) is 0.419. The molecule has 1 amide bonds. The largest absolute Gasteiger partial charge is 0.384 e. The molecular formula is C29H36N4O. The van der Waals surface area contributed by atoms with Gasteiger partial charge in [-0.2, -0.15) is 0 Å². The highest BCUT2D eigenvalue weighted by atomic mass is 16.2. The zero-order chi connectivity index (χ0) is 23.3. The monoisotopic (exact) mass is 456 g/mol. The van der Waals surface area contributed by atoms with E-state index in [2.05, 4.69) is 59.6 Å². The number of hydrogen-bond acceptors (Lipinski definition) is 4. The normalized spacial score (nSPS) is 16.9. The van der Waals surface area contributed by atoms with Crippen LogP contribution in [0.15, 0.2) is 54.6 Å². The minimum absolute atomic E-state index is 0.147. The second kappa shape index (κ2) is 10.6. The Balaban J connectivity index is 1.21. The van der Waals surface area contributed by atoms with Gasteiger partial charge in [-0.05, 0) is 56.3 Å². The number of aromatic nitrogens is 1. The molecule has 0 radical (unpaired) electrons. The zero-order valence-corrected chi connectivity index (χ0v) is 20.3. The number of piperidine rings is 1. The number of anilines is 1. The van der Waals surface area contributed by atoms with Gasteiger partial charge in [0.2, 0.25) is 0 Å². The number of nitrogens with zero attached hydrogens (tertiary/aromatic N) is 3. The van der Waals surface area contributed by atoms with Gasteiger partial charge in [-0.1, -0.05) is 61.9 Å². The van der Waals surface area contributed by atoms with Crippen molar-refractivity contribution in [1.82, 2.24) is 14.8 Å². The summed E-state index contributed by atoms with van der Waals surface area (Å²) in [5.41, 5.74) is 5.08. The Morgan fingerprint density at radius 1 is 1.03 bits per heavy atom. The molecule has 5 rings (SSSR count). The lowest BCUT2D eigenvalue weighted by Gasteiger charge is -2.32. The van der Waals surface area contributed by atoms with E-state index in [0.717, 1.165) is 79.8 Å². The number of carbonyl (C=O) groups is 1. The van der Waals surface area contributed by atoms with Crippen molar-refractivity contribution in [2.45, 2.75) is 52.1 Å². The first kappa shape index (κ1) is 22.9. The molecule has 0 saturated carbocycles. The molecule has 5 heteroatoms. The van der Waals surface area contributed by atoms with Gasteiger partial charge in [0.25, 0.3) is 5.91 Å². The summed E-state index contributed by atoms with van der Waals surface area (Å²) in [6.45, 7) is 7.86. The third kappa shape index (κ3) is 4.95. The van der Waals surface area contributed by atoms with Crippen LogP contribution in [0, 0.1) is 5.92 Å². The summed E-state index contributed by atoms with van der Waals surface area (Å²) >= 11 is 0. The molecule has 1 aromatic heterocycles. The Morgan fingerprint density at radius 2 is 1.79 bits per heavy atom. The minimum Gasteiger partial charge on any atom is -0.384 e. The predicted octanol–water partition coefficient (Wildman–Crippen LogP) is 5.70. The van der Waals surface area contributed by atoms with Crippen LogP contribution in [0.4, 0.5) is 5.69 Å². The third-order valence-corrected chi connectivity index (χ3v) is 7.40. The van der Waals surface area contributed by atoms with Gasteiger partial charge >= 0.3 is 0 Å². The van der Waals surface area contributed by atoms with E-state index in [0.29, 0.717) is 12.5 Å². The van der Waals surface area contributed by atoms with Gasteiger partial charge in [0.15, 0.2) is 0 Å². The molecule has 1 N–H and O–H groups in total. The Hall–Kier alpha value is -2.92. The van der Waals surface area contributed by atoms with Gasteiger partial charge in [-0.25, -0.2) is 4.98 Å². The molecule has 1 saturated heterocycles. The van der Waals surface area contributed by atoms with Crippen LogP contribution in [0.1, 0.15) is 60.6 Å². The number of fused-ring (bicyclic) bond motifs is 2. The Labute approximate surface area is 203 Å². The SMILES string of the molecule is CCCCNc1c2c(nc3ccccc13)CN(CCC1CCN(Cc3ccccc3)CC1)C2=O. The van der Waals surface area contributed by atoms with E-state index < -0.39 is 0 Å². The van der Waals surface area contributed by atoms with Gasteiger partial charge in [0.1, 0.15) is 0 Å². The molecule has 178 valence electrons. The van der Waals surface area contributed by atoms with Crippen LogP contribution >= 0.6 is 0 Å². The Morgan fingerprint density at radius 3 is 2.59 bits per heavy atom. The van der Waals surface area contributed by atoms with Gasteiger partial charge in [0, 0.05) is 25.0 Å². The van der Waals surface area contributed by atoms with Crippen molar-refractivity contribution in [1.29, 1.82) is 0 Å². The molecule has 5 nitrogen and oxygen atoms in total. The van der Waals surface area contributed by atoms with Crippen molar-refractivity contribution >= 4 is 22.5 Å². The average Bonchev–Trinajstić information content (AvgIpc) is 3.19. The lowest BCUT2D eigenvalue weighted by Crippen LogP contribution is -2.35. The van der Waals surface area contributed by atoms with Crippen LogP contribution in [0.2, 0.25) is 0 Å². The molecule has 2 aliphatic heterocycles. The molecular weight excluding hydrogens is 420 g/mol. The van der Waals surface area contributed by atoms with Crippen LogP contribution in [-0.4, -0.2) is 46.9 Å². The summed E-state index contributed by atoms with van der Waals surface area (Å²) in [4.78, 5) is 22.9. The standard InChI is InChI=1S/C29H36N4O/c1-2-3-16-30-28-24-11-7-8-12-25(24)31-26-21-33(29(34)27(26)28)19-15-22-13-17-32(18-14-22)20-23-9-5-4-6-10-23/h4-12,22H,2-3,13-21H2,1H3,(H,30,31). The predicted molar refractivity (Wildman–Crippen MR) is 139 cm³/mol. The Kier molecular flexibility index (Phi) is 7.10. The lowest BCUT2D eigenvalue weighted by molar-refractivity contribution is 0.0757. The first-order chi connectivity index (χ1) is 16.7. The molecule has 0 atom stereocenters. The molecule has 0 bridgehead atoms. The van der Waals surface area contributed by atoms with Crippen molar-refractivity contribution in [3.05, 3.63) is 71.4 Å². The molecule has 0 unspecified atom stereocenters. The number of hydrogen-bond donors (Lipinski definition) is 1. The van der Waals surface area contributed by atoms with E-state index in [1.54, 1.807) is 0 Å². The van der Waals surface area contributed by atoms with Gasteiger partial charge in [-0.15, -0.1) is 0 Å². The fraction of sp³-hybridized carbons (Fsp3) is 0.448. The molecule has 0 spiro atoms. The van der Waals surface area contributed by atoms with E-state index in [9.17, 15) is 4.79 Å². The summed E-state index contributed by atoms with van der Waals surface area (Å²) in [6, 6.07) is 18.9. The van der Waals surface area contributed by atoms with Crippen molar-refractivity contribution in [2.75, 3.05) is 31.5 Å². The van der Waals surface area contributed by atoms with E-state index in [-0.39, 0.29) is 5.91 Å². The van der Waals surface area contributed by atoms with Crippen LogP contribution in [0.3, 0.4) is 0 Å². The van der Waals surface area contributed by atoms with Crippen molar-refractivity contribution in [3.63, 3.8) is 0 Å². The number of rotatable bonds is 9. The number of para-hydroxylation sites is 1. The van der Waals surface area contributed by atoms with Gasteiger partial charge in [0.05, 0.1) is 29.0 Å². The van der Waals surface area contributed by atoms with E-state index in [1.165, 1.54) is 18.4 Å². The zero-order valence-electron chi connectivity index (χ0n) is 20.3. The molecule has 1 fully saturated rings. The number of nitrogens with one attached hydrogen (secondary N) is 1. The highest BCUT2D eigenvalue weighted by Crippen LogP contribution is 2.35. The van der Waals surface area contributed by atoms with Gasteiger partial charge < -0.3 is 10.2 Å². The average molecular weight is 457 g/mol. The number of unbranched alkanes of at least 4 members (excludes halogenated alkanes) is 1. The highest BCUT2D eigenvalue weighted by molar-refractivity contribution is 6.09. The molecule has 2 aliphatic rings. The lowest BCUT2D eigenvalue weighted by atomic mass is 9.93. The maximum absolute atomic E-state index is 13.5. The summed E-state index contributed by atoms with van der Waals surface area (Å²) < 4.78 is 0. The number of benzene rings is 2. The first-order valence-electron chi connectivity index (χ1n) is 12.9. The first-order valence-corrected chi connectivity index (χ1v) is 12.9. The van der Waals surface area contributed by atoms with Crippen LogP contribution in [0.25, 0.3) is 10.9 Å². The molecule has 3 heterocycles. The van der Waals surface area contributed by atoms with Gasteiger partial charge in [-0.3, -0.25) is 9.69 Å². The van der Waals surface area contributed by atoms with E-state index in [4.69, 9.17) is 4.98 Å². The third-order valence-electron chi connectivity index (χ3n) is 7.40. The summed E-state index contributed by atoms with van der Waals surface area (Å²) in [5.74, 6) is 0.839. The highest BCUT2D eigenvalue weighted by Gasteiger charge is 2.33. The van der Waals surface area contributed by atoms with E-state index in [1.807, 2.05) is 17.0 Å². The van der Waals surface area contributed by atoms with E-state index >= 15 is 0 Å². The summed E-state index contributed by atoms with van der Waals surface area (Å²) in [5, 5.41) is 4.63. The van der Waals surface area contributed by atoms with Crippen LogP contribution in [0.5, 0.6) is 0 Å². The number of amides is 1. The second-order valence-corrected chi connectivity index (χ2v) is 9.83. The summed E-state index contributed by atoms with van der Waals surface area (Å²) in [6.07, 6.45) is 5.73. The maximum atomic E-state index is 13.5. The second-order valence-electron chi connectivity index (χ2n) is 9.83. The summed E-state index contributed by atoms with van der Waals surface area (Å²) in [7, 11) is 0. The fourth-order valence-corrected chi connectivity index (χ4v) is 5.39. The van der Waals surface area contributed by atoms with Crippen LogP contribution < -0.4 is 5.32 Å². The maximum Gasteiger partial charge on any atom is 0.258 e. The smallest absolute Gasteiger partial charge is 0.258 e. The van der Waals surface area contributed by atoms with Crippen molar-refractivity contribution in [2.24, 2.45) is 5.92 Å². The molecule has 34 heavy (non-hydrogen) atoms. The number of likely N-dealkylation sites (tertiary alicyclic amines) is 1. The molecule has 0 aliphatic carbocycles. The number of pyridine rings is 1. The minimum atomic E-state index is 0.147.